The van der Waals surface area contributed by atoms with Crippen LogP contribution in [0.25, 0.3) is 0 Å². The minimum Gasteiger partial charge on any atom is -0.342 e. The zero-order chi connectivity index (χ0) is 20.8. The summed E-state index contributed by atoms with van der Waals surface area (Å²) in [6, 6.07) is 16.7. The lowest BCUT2D eigenvalue weighted by atomic mass is 9.88. The number of amides is 3. The summed E-state index contributed by atoms with van der Waals surface area (Å²) in [7, 11) is 0. The maximum Gasteiger partial charge on any atom is 0.319 e. The summed E-state index contributed by atoms with van der Waals surface area (Å²) < 4.78 is 0. The molecule has 2 atom stereocenters. The van der Waals surface area contributed by atoms with Gasteiger partial charge in [-0.25, -0.2) is 4.79 Å². The van der Waals surface area contributed by atoms with Crippen LogP contribution in [-0.2, 0) is 4.79 Å². The van der Waals surface area contributed by atoms with E-state index in [0.29, 0.717) is 5.92 Å². The molecule has 3 rings (SSSR count). The smallest absolute Gasteiger partial charge is 0.319 e. The van der Waals surface area contributed by atoms with Gasteiger partial charge in [-0.2, -0.15) is 0 Å². The van der Waals surface area contributed by atoms with Crippen molar-refractivity contribution in [3.05, 3.63) is 65.2 Å². The molecule has 1 aliphatic rings. The van der Waals surface area contributed by atoms with Crippen LogP contribution in [-0.4, -0.2) is 36.0 Å². The number of rotatable bonds is 5. The number of benzene rings is 2. The van der Waals surface area contributed by atoms with Crippen LogP contribution in [0.15, 0.2) is 54.6 Å². The Balaban J connectivity index is 1.48. The Morgan fingerprint density at radius 3 is 2.24 bits per heavy atom. The topological polar surface area (TPSA) is 61.4 Å². The first kappa shape index (κ1) is 21.2. The van der Waals surface area contributed by atoms with E-state index in [1.54, 1.807) is 0 Å². The highest BCUT2D eigenvalue weighted by molar-refractivity contribution is 6.30. The first-order valence-corrected chi connectivity index (χ1v) is 10.5. The fourth-order valence-electron chi connectivity index (χ4n) is 3.69. The zero-order valence-corrected chi connectivity index (χ0v) is 17.7. The van der Waals surface area contributed by atoms with Crippen molar-refractivity contribution >= 4 is 29.2 Å². The minimum atomic E-state index is -0.301. The second kappa shape index (κ2) is 9.79. The van der Waals surface area contributed by atoms with E-state index in [2.05, 4.69) is 22.8 Å². The second-order valence-corrected chi connectivity index (χ2v) is 8.13. The normalized spacial score (nSPS) is 16.7. The van der Waals surface area contributed by atoms with Crippen LogP contribution in [0.3, 0.4) is 0 Å². The predicted molar refractivity (Wildman–Crippen MR) is 117 cm³/mol. The van der Waals surface area contributed by atoms with Crippen LogP contribution in [0.2, 0.25) is 5.02 Å². The van der Waals surface area contributed by atoms with E-state index in [0.717, 1.165) is 36.6 Å². The zero-order valence-electron chi connectivity index (χ0n) is 16.9. The largest absolute Gasteiger partial charge is 0.342 e. The van der Waals surface area contributed by atoms with Gasteiger partial charge in [0.2, 0.25) is 5.91 Å². The standard InChI is InChI=1S/C23H28ClN3O2/c1-16(17(2)25-23(29)26-21-6-4-3-5-7-21)22(28)27-14-12-19(13-15-27)18-8-10-20(24)11-9-18/h3-11,16-17,19H,12-15H2,1-2H3,(H2,25,26,29). The third-order valence-electron chi connectivity index (χ3n) is 5.68. The highest BCUT2D eigenvalue weighted by Gasteiger charge is 2.29. The van der Waals surface area contributed by atoms with Gasteiger partial charge in [0, 0.05) is 29.8 Å². The number of anilines is 1. The van der Waals surface area contributed by atoms with Crippen LogP contribution in [0.1, 0.15) is 38.2 Å². The molecule has 1 saturated heterocycles. The highest BCUT2D eigenvalue weighted by atomic mass is 35.5. The summed E-state index contributed by atoms with van der Waals surface area (Å²) in [5, 5.41) is 6.41. The molecule has 0 spiro atoms. The molecule has 0 radical (unpaired) electrons. The fourth-order valence-corrected chi connectivity index (χ4v) is 3.82. The molecule has 2 N–H and O–H groups in total. The van der Waals surface area contributed by atoms with Crippen molar-refractivity contribution in [1.82, 2.24) is 10.2 Å². The Morgan fingerprint density at radius 2 is 1.62 bits per heavy atom. The van der Waals surface area contributed by atoms with Crippen LogP contribution < -0.4 is 10.6 Å². The maximum absolute atomic E-state index is 12.9. The summed E-state index contributed by atoms with van der Waals surface area (Å²) in [6.45, 7) is 5.22. The molecule has 2 unspecified atom stereocenters. The van der Waals surface area contributed by atoms with E-state index in [9.17, 15) is 9.59 Å². The average Bonchev–Trinajstić information content (AvgIpc) is 2.74. The molecule has 1 aliphatic heterocycles. The van der Waals surface area contributed by atoms with Gasteiger partial charge in [0.15, 0.2) is 0 Å². The lowest BCUT2D eigenvalue weighted by Gasteiger charge is -2.35. The van der Waals surface area contributed by atoms with Crippen molar-refractivity contribution in [2.75, 3.05) is 18.4 Å². The second-order valence-electron chi connectivity index (χ2n) is 7.69. The molecule has 0 aliphatic carbocycles. The number of para-hydroxylation sites is 1. The van der Waals surface area contributed by atoms with Crippen molar-refractivity contribution in [3.8, 4) is 0 Å². The van der Waals surface area contributed by atoms with E-state index >= 15 is 0 Å². The number of carbonyl (C=O) groups is 2. The average molecular weight is 414 g/mol. The number of nitrogens with zero attached hydrogens (tertiary/aromatic N) is 1. The Hall–Kier alpha value is -2.53. The molecule has 29 heavy (non-hydrogen) atoms. The molecule has 5 nitrogen and oxygen atoms in total. The van der Waals surface area contributed by atoms with Crippen LogP contribution in [0, 0.1) is 5.92 Å². The van der Waals surface area contributed by atoms with E-state index in [4.69, 9.17) is 11.6 Å². The van der Waals surface area contributed by atoms with Crippen LogP contribution in [0.4, 0.5) is 10.5 Å². The van der Waals surface area contributed by atoms with Crippen molar-refractivity contribution in [3.63, 3.8) is 0 Å². The number of hydrogen-bond donors (Lipinski definition) is 2. The molecule has 154 valence electrons. The monoisotopic (exact) mass is 413 g/mol. The highest BCUT2D eigenvalue weighted by Crippen LogP contribution is 2.29. The number of halogens is 1. The van der Waals surface area contributed by atoms with Gasteiger partial charge in [-0.15, -0.1) is 0 Å². The quantitative estimate of drug-likeness (QED) is 0.732. The van der Waals surface area contributed by atoms with Gasteiger partial charge in [0.1, 0.15) is 0 Å². The van der Waals surface area contributed by atoms with Gasteiger partial charge in [0.05, 0.1) is 5.92 Å². The van der Waals surface area contributed by atoms with Gasteiger partial charge in [0.25, 0.3) is 0 Å². The molecule has 1 fully saturated rings. The molecule has 2 aromatic rings. The molecule has 2 aromatic carbocycles. The summed E-state index contributed by atoms with van der Waals surface area (Å²) in [5.74, 6) is 0.259. The number of piperidine rings is 1. The third-order valence-corrected chi connectivity index (χ3v) is 5.93. The minimum absolute atomic E-state index is 0.0899. The van der Waals surface area contributed by atoms with Gasteiger partial charge in [-0.05, 0) is 55.5 Å². The lowest BCUT2D eigenvalue weighted by molar-refractivity contribution is -0.136. The molecule has 3 amide bonds. The molecule has 0 aromatic heterocycles. The lowest BCUT2D eigenvalue weighted by Crippen LogP contribution is -2.48. The first-order chi connectivity index (χ1) is 13.9. The number of likely N-dealkylation sites (tertiary alicyclic amines) is 1. The first-order valence-electron chi connectivity index (χ1n) is 10.1. The number of urea groups is 1. The molecule has 0 bridgehead atoms. The van der Waals surface area contributed by atoms with E-state index < -0.39 is 0 Å². The Kier molecular flexibility index (Phi) is 7.15. The Labute approximate surface area is 177 Å². The third kappa shape index (κ3) is 5.73. The molecular weight excluding hydrogens is 386 g/mol. The molecule has 0 saturated carbocycles. The van der Waals surface area contributed by atoms with Gasteiger partial charge >= 0.3 is 6.03 Å². The van der Waals surface area contributed by atoms with Crippen molar-refractivity contribution in [1.29, 1.82) is 0 Å². The summed E-state index contributed by atoms with van der Waals surface area (Å²) in [4.78, 5) is 27.0. The van der Waals surface area contributed by atoms with Gasteiger partial charge < -0.3 is 15.5 Å². The van der Waals surface area contributed by atoms with E-state index in [-0.39, 0.29) is 23.9 Å². The SMILES string of the molecule is CC(NC(=O)Nc1ccccc1)C(C)C(=O)N1CCC(c2ccc(Cl)cc2)CC1. The van der Waals surface area contributed by atoms with Gasteiger partial charge in [-0.3, -0.25) is 4.79 Å². The Morgan fingerprint density at radius 1 is 1.00 bits per heavy atom. The predicted octanol–water partition coefficient (Wildman–Crippen LogP) is 4.89. The Bertz CT molecular complexity index is 818. The summed E-state index contributed by atoms with van der Waals surface area (Å²) in [6.07, 6.45) is 1.88. The number of carbonyl (C=O) groups excluding carboxylic acids is 2. The van der Waals surface area contributed by atoms with Gasteiger partial charge in [-0.1, -0.05) is 48.9 Å². The van der Waals surface area contributed by atoms with Crippen molar-refractivity contribution in [2.45, 2.75) is 38.6 Å². The molecule has 6 heteroatoms. The molecular formula is C23H28ClN3O2. The van der Waals surface area contributed by atoms with Crippen LogP contribution >= 0.6 is 11.6 Å². The maximum atomic E-state index is 12.9. The van der Waals surface area contributed by atoms with E-state index in [1.165, 1.54) is 5.56 Å². The van der Waals surface area contributed by atoms with Crippen LogP contribution in [0.5, 0.6) is 0 Å². The summed E-state index contributed by atoms with van der Waals surface area (Å²) >= 11 is 5.97. The number of nitrogens with one attached hydrogen (secondary N) is 2. The van der Waals surface area contributed by atoms with Crippen molar-refractivity contribution in [2.24, 2.45) is 5.92 Å². The molecule has 1 heterocycles. The number of hydrogen-bond acceptors (Lipinski definition) is 2. The van der Waals surface area contributed by atoms with E-state index in [1.807, 2.05) is 61.2 Å². The summed E-state index contributed by atoms with van der Waals surface area (Å²) in [5.41, 5.74) is 2.00. The van der Waals surface area contributed by atoms with Crippen molar-refractivity contribution < 1.29 is 9.59 Å². The fraction of sp³-hybridized carbons (Fsp3) is 0.391.